The molecule has 0 saturated heterocycles. The average Bonchev–Trinajstić information content (AvgIpc) is 2.71. The molecular formula is C10H8O3. The van der Waals surface area contributed by atoms with Crippen molar-refractivity contribution in [3.8, 4) is 0 Å². The molecule has 1 fully saturated rings. The first kappa shape index (κ1) is 7.09. The second kappa shape index (κ2) is 2.12. The van der Waals surface area contributed by atoms with Crippen LogP contribution in [0.3, 0.4) is 0 Å². The predicted molar refractivity (Wildman–Crippen MR) is 45.1 cm³/mol. The Labute approximate surface area is 75.0 Å². The molecule has 66 valence electrons. The summed E-state index contributed by atoms with van der Waals surface area (Å²) in [5.41, 5.74) is 2.03. The van der Waals surface area contributed by atoms with Crippen LogP contribution < -0.4 is 0 Å². The van der Waals surface area contributed by atoms with Gasteiger partial charge in [0.15, 0.2) is 0 Å². The third kappa shape index (κ3) is 0.795. The molecule has 3 atom stereocenters. The highest BCUT2D eigenvalue weighted by atomic mass is 16.5. The molecule has 3 rings (SSSR count). The van der Waals surface area contributed by atoms with E-state index >= 15 is 0 Å². The molecule has 3 heteroatoms. The molecule has 13 heavy (non-hydrogen) atoms. The Kier molecular flexibility index (Phi) is 1.15. The molecule has 0 aromatic rings. The zero-order chi connectivity index (χ0) is 9.00. The van der Waals surface area contributed by atoms with E-state index in [0.29, 0.717) is 0 Å². The summed E-state index contributed by atoms with van der Waals surface area (Å²) < 4.78 is 5.52. The summed E-state index contributed by atoms with van der Waals surface area (Å²) in [7, 11) is 0. The van der Waals surface area contributed by atoms with Crippen molar-refractivity contribution < 1.29 is 14.6 Å². The predicted octanol–water partition coefficient (Wildman–Crippen LogP) is 0.891. The van der Waals surface area contributed by atoms with E-state index in [4.69, 9.17) is 9.84 Å². The van der Waals surface area contributed by atoms with Crippen molar-refractivity contribution in [1.82, 2.24) is 0 Å². The second-order valence-electron chi connectivity index (χ2n) is 3.45. The number of ether oxygens (including phenoxy) is 1. The summed E-state index contributed by atoms with van der Waals surface area (Å²) in [5, 5.41) is 8.79. The SMILES string of the molecule is O=C(O)C1C2=C3C=CC=CC3OC21. The Bertz CT molecular complexity index is 376. The maximum atomic E-state index is 10.7. The van der Waals surface area contributed by atoms with Crippen LogP contribution >= 0.6 is 0 Å². The van der Waals surface area contributed by atoms with Crippen molar-refractivity contribution >= 4 is 5.97 Å². The molecule has 0 bridgehead atoms. The summed E-state index contributed by atoms with van der Waals surface area (Å²) in [6.07, 6.45) is 7.61. The van der Waals surface area contributed by atoms with Gasteiger partial charge >= 0.3 is 5.97 Å². The minimum atomic E-state index is -0.770. The maximum absolute atomic E-state index is 10.7. The maximum Gasteiger partial charge on any atom is 0.313 e. The number of aliphatic carboxylic acids is 1. The highest BCUT2D eigenvalue weighted by Crippen LogP contribution is 2.51. The van der Waals surface area contributed by atoms with E-state index in [1.165, 1.54) is 0 Å². The number of carboxylic acids is 1. The van der Waals surface area contributed by atoms with Gasteiger partial charge in [0.1, 0.15) is 12.0 Å². The quantitative estimate of drug-likeness (QED) is 0.645. The van der Waals surface area contributed by atoms with E-state index < -0.39 is 5.97 Å². The van der Waals surface area contributed by atoms with Crippen LogP contribution in [0.1, 0.15) is 0 Å². The van der Waals surface area contributed by atoms with Gasteiger partial charge < -0.3 is 9.84 Å². The van der Waals surface area contributed by atoms with E-state index in [0.717, 1.165) is 11.1 Å². The lowest BCUT2D eigenvalue weighted by atomic mass is 10.0. The van der Waals surface area contributed by atoms with Crippen molar-refractivity contribution in [2.75, 3.05) is 0 Å². The van der Waals surface area contributed by atoms with Crippen molar-refractivity contribution in [2.45, 2.75) is 12.2 Å². The van der Waals surface area contributed by atoms with E-state index in [9.17, 15) is 4.79 Å². The number of fused-ring (bicyclic) bond motifs is 2. The summed E-state index contributed by atoms with van der Waals surface area (Å²) in [6.45, 7) is 0. The molecule has 1 N–H and O–H groups in total. The molecule has 1 heterocycles. The third-order valence-corrected chi connectivity index (χ3v) is 2.71. The fourth-order valence-corrected chi connectivity index (χ4v) is 2.06. The van der Waals surface area contributed by atoms with Crippen molar-refractivity contribution in [3.05, 3.63) is 35.5 Å². The highest BCUT2D eigenvalue weighted by Gasteiger charge is 2.58. The molecule has 3 unspecified atom stereocenters. The lowest BCUT2D eigenvalue weighted by Crippen LogP contribution is -2.16. The first-order valence-corrected chi connectivity index (χ1v) is 4.26. The zero-order valence-corrected chi connectivity index (χ0v) is 6.81. The number of carbonyl (C=O) groups is 1. The van der Waals surface area contributed by atoms with E-state index in [-0.39, 0.29) is 18.1 Å². The Morgan fingerprint density at radius 1 is 1.46 bits per heavy atom. The van der Waals surface area contributed by atoms with Crippen LogP contribution in [0.25, 0.3) is 0 Å². The lowest BCUT2D eigenvalue weighted by Gasteiger charge is -2.13. The number of hydrogen-bond acceptors (Lipinski definition) is 2. The molecule has 0 amide bonds. The molecule has 2 aliphatic carbocycles. The monoisotopic (exact) mass is 176 g/mol. The molecule has 0 spiro atoms. The van der Waals surface area contributed by atoms with Gasteiger partial charge in [0, 0.05) is 0 Å². The van der Waals surface area contributed by atoms with Gasteiger partial charge in [-0.2, -0.15) is 0 Å². The Balaban J connectivity index is 2.00. The van der Waals surface area contributed by atoms with E-state index in [1.54, 1.807) is 0 Å². The standard InChI is InChI=1S/C10H8O3/c11-10(12)8-7-5-3-1-2-4-6(5)13-9(7)8/h1-4,6,8-9H,(H,11,12). The first-order valence-electron chi connectivity index (χ1n) is 4.26. The lowest BCUT2D eigenvalue weighted by molar-refractivity contribution is -0.139. The molecule has 1 saturated carbocycles. The summed E-state index contributed by atoms with van der Waals surface area (Å²) in [6, 6.07) is 0. The fourth-order valence-electron chi connectivity index (χ4n) is 2.06. The molecule has 0 aromatic carbocycles. The topological polar surface area (TPSA) is 46.5 Å². The number of rotatable bonds is 1. The Morgan fingerprint density at radius 2 is 2.31 bits per heavy atom. The third-order valence-electron chi connectivity index (χ3n) is 2.71. The van der Waals surface area contributed by atoms with Crippen LogP contribution in [0.2, 0.25) is 0 Å². The fraction of sp³-hybridized carbons (Fsp3) is 0.300. The van der Waals surface area contributed by atoms with Crippen LogP contribution in [-0.2, 0) is 9.53 Å². The van der Waals surface area contributed by atoms with Gasteiger partial charge in [0.2, 0.25) is 0 Å². The summed E-state index contributed by atoms with van der Waals surface area (Å²) in [5.74, 6) is -1.14. The molecule has 3 aliphatic rings. The average molecular weight is 176 g/mol. The van der Waals surface area contributed by atoms with Crippen molar-refractivity contribution in [1.29, 1.82) is 0 Å². The zero-order valence-electron chi connectivity index (χ0n) is 6.81. The van der Waals surface area contributed by atoms with E-state index in [2.05, 4.69) is 0 Å². The summed E-state index contributed by atoms with van der Waals surface area (Å²) in [4.78, 5) is 10.7. The molecular weight excluding hydrogens is 168 g/mol. The van der Waals surface area contributed by atoms with Gasteiger partial charge in [0.05, 0.1) is 6.10 Å². The van der Waals surface area contributed by atoms with Crippen LogP contribution in [0, 0.1) is 5.92 Å². The van der Waals surface area contributed by atoms with Gasteiger partial charge in [-0.15, -0.1) is 0 Å². The van der Waals surface area contributed by atoms with Crippen LogP contribution in [0.15, 0.2) is 35.5 Å². The number of allylic oxidation sites excluding steroid dienone is 2. The number of hydrogen-bond donors (Lipinski definition) is 1. The molecule has 0 radical (unpaired) electrons. The van der Waals surface area contributed by atoms with Crippen molar-refractivity contribution in [2.24, 2.45) is 5.92 Å². The highest BCUT2D eigenvalue weighted by molar-refractivity contribution is 5.83. The minimum absolute atomic E-state index is 0.0144. The van der Waals surface area contributed by atoms with Crippen LogP contribution in [-0.4, -0.2) is 23.3 Å². The summed E-state index contributed by atoms with van der Waals surface area (Å²) >= 11 is 0. The largest absolute Gasteiger partial charge is 0.481 e. The van der Waals surface area contributed by atoms with E-state index in [1.807, 2.05) is 24.3 Å². The van der Waals surface area contributed by atoms with Gasteiger partial charge in [-0.25, -0.2) is 0 Å². The van der Waals surface area contributed by atoms with Crippen LogP contribution in [0.4, 0.5) is 0 Å². The molecule has 0 aromatic heterocycles. The van der Waals surface area contributed by atoms with Gasteiger partial charge in [-0.3, -0.25) is 4.79 Å². The van der Waals surface area contributed by atoms with Gasteiger partial charge in [0.25, 0.3) is 0 Å². The molecule has 1 aliphatic heterocycles. The number of carboxylic acid groups (broad SMARTS) is 1. The molecule has 3 nitrogen and oxygen atoms in total. The first-order chi connectivity index (χ1) is 6.29. The Hall–Kier alpha value is -1.35. The second-order valence-corrected chi connectivity index (χ2v) is 3.45. The smallest absolute Gasteiger partial charge is 0.313 e. The van der Waals surface area contributed by atoms with Crippen molar-refractivity contribution in [3.63, 3.8) is 0 Å². The van der Waals surface area contributed by atoms with Crippen LogP contribution in [0.5, 0.6) is 0 Å². The normalized spacial score (nSPS) is 38.9. The van der Waals surface area contributed by atoms with Gasteiger partial charge in [-0.05, 0) is 11.1 Å². The Morgan fingerprint density at radius 3 is 3.08 bits per heavy atom. The van der Waals surface area contributed by atoms with Gasteiger partial charge in [-0.1, -0.05) is 24.3 Å². The minimum Gasteiger partial charge on any atom is -0.481 e.